The zero-order valence-corrected chi connectivity index (χ0v) is 12.2. The molecule has 1 N–H and O–H groups in total. The van der Waals surface area contributed by atoms with Gasteiger partial charge in [-0.2, -0.15) is 0 Å². The van der Waals surface area contributed by atoms with E-state index >= 15 is 0 Å². The van der Waals surface area contributed by atoms with Gasteiger partial charge < -0.3 is 19.7 Å². The number of nitrogens with one attached hydrogen (secondary N) is 1. The number of ether oxygens (including phenoxy) is 2. The topological polar surface area (TPSA) is 49.3 Å². The van der Waals surface area contributed by atoms with E-state index in [4.69, 9.17) is 9.47 Å². The highest BCUT2D eigenvalue weighted by Gasteiger charge is 2.29. The first-order chi connectivity index (χ1) is 10.3. The van der Waals surface area contributed by atoms with Crippen LogP contribution in [-0.2, 0) is 4.74 Å². The van der Waals surface area contributed by atoms with Crippen molar-refractivity contribution in [1.29, 1.82) is 0 Å². The molecule has 0 aliphatic carbocycles. The van der Waals surface area contributed by atoms with E-state index in [0.29, 0.717) is 13.2 Å². The van der Waals surface area contributed by atoms with E-state index in [2.05, 4.69) is 12.1 Å². The quantitative estimate of drug-likeness (QED) is 0.695. The zero-order valence-electron chi connectivity index (χ0n) is 11.4. The van der Waals surface area contributed by atoms with Crippen LogP contribution in [0.2, 0.25) is 0 Å². The summed E-state index contributed by atoms with van der Waals surface area (Å²) in [6.45, 7) is 1.77. The second-order valence-corrected chi connectivity index (χ2v) is 6.21. The van der Waals surface area contributed by atoms with Crippen molar-refractivity contribution in [2.24, 2.45) is 0 Å². The van der Waals surface area contributed by atoms with Crippen molar-refractivity contribution in [1.82, 2.24) is 0 Å². The van der Waals surface area contributed by atoms with Crippen LogP contribution in [-0.4, -0.2) is 25.9 Å². The first-order valence-corrected chi connectivity index (χ1v) is 7.84. The summed E-state index contributed by atoms with van der Waals surface area (Å²) in [5, 5.41) is 14.4. The van der Waals surface area contributed by atoms with Gasteiger partial charge in [-0.05, 0) is 23.6 Å². The monoisotopic (exact) mass is 301 g/mol. The van der Waals surface area contributed by atoms with Gasteiger partial charge in [-0.15, -0.1) is 11.3 Å². The minimum atomic E-state index is 0.168. The molecule has 1 aromatic heterocycles. The van der Waals surface area contributed by atoms with Crippen molar-refractivity contribution in [3.8, 4) is 5.75 Å². The van der Waals surface area contributed by atoms with Crippen molar-refractivity contribution in [2.45, 2.75) is 6.10 Å². The van der Waals surface area contributed by atoms with Gasteiger partial charge >= 0.3 is 0 Å². The van der Waals surface area contributed by atoms with Gasteiger partial charge in [0.2, 0.25) is 0 Å². The normalized spacial score (nSPS) is 25.1. The molecule has 1 aromatic carbocycles. The zero-order chi connectivity index (χ0) is 14.2. The van der Waals surface area contributed by atoms with E-state index in [9.17, 15) is 5.21 Å². The van der Waals surface area contributed by atoms with Crippen LogP contribution in [0.15, 0.2) is 35.7 Å². The summed E-state index contributed by atoms with van der Waals surface area (Å²) in [5.41, 5.74) is 2.77. The lowest BCUT2D eigenvalue weighted by Crippen LogP contribution is -3.00. The van der Waals surface area contributed by atoms with Crippen molar-refractivity contribution in [3.63, 3.8) is 0 Å². The number of hydroxylamine groups is 1. The van der Waals surface area contributed by atoms with Crippen molar-refractivity contribution >= 4 is 28.7 Å². The Morgan fingerprint density at radius 3 is 3.05 bits per heavy atom. The molecular weight excluding hydrogens is 286 g/mol. The first-order valence-electron chi connectivity index (χ1n) is 6.96. The van der Waals surface area contributed by atoms with E-state index in [0.717, 1.165) is 34.1 Å². The summed E-state index contributed by atoms with van der Waals surface area (Å²) >= 11 is 1.67. The van der Waals surface area contributed by atoms with Gasteiger partial charge in [0.15, 0.2) is 0 Å². The summed E-state index contributed by atoms with van der Waals surface area (Å²) < 4.78 is 11.0. The van der Waals surface area contributed by atoms with Crippen molar-refractivity contribution in [2.75, 3.05) is 19.8 Å². The predicted octanol–water partition coefficient (Wildman–Crippen LogP) is 2.09. The van der Waals surface area contributed by atoms with Crippen LogP contribution in [0.5, 0.6) is 5.75 Å². The molecule has 108 valence electrons. The molecule has 0 bridgehead atoms. The number of quaternary nitrogens is 1. The molecule has 0 amide bonds. The molecular formula is C16H15NO3S. The Kier molecular flexibility index (Phi) is 3.27. The summed E-state index contributed by atoms with van der Waals surface area (Å²) in [7, 11) is 0. The first kappa shape index (κ1) is 13.0. The number of hydrogen-bond acceptors (Lipinski definition) is 4. The summed E-state index contributed by atoms with van der Waals surface area (Å²) in [6, 6.07) is 9.77. The molecule has 3 heterocycles. The smallest absolute Gasteiger partial charge is 0.143 e. The molecule has 21 heavy (non-hydrogen) atoms. The average Bonchev–Trinajstić information content (AvgIpc) is 3.08. The third kappa shape index (κ3) is 2.61. The maximum Gasteiger partial charge on any atom is 0.143 e. The van der Waals surface area contributed by atoms with Gasteiger partial charge in [-0.3, -0.25) is 0 Å². The highest BCUT2D eigenvalue weighted by atomic mass is 32.1. The molecule has 0 radical (unpaired) electrons. The number of hydrogen-bond donors (Lipinski definition) is 1. The van der Waals surface area contributed by atoms with E-state index < -0.39 is 0 Å². The molecule has 0 spiro atoms. The lowest BCUT2D eigenvalue weighted by atomic mass is 10.1. The summed E-state index contributed by atoms with van der Waals surface area (Å²) in [4.78, 5) is 1.16. The van der Waals surface area contributed by atoms with Crippen LogP contribution < -0.4 is 9.80 Å². The lowest BCUT2D eigenvalue weighted by molar-refractivity contribution is -0.762. The molecule has 4 nitrogen and oxygen atoms in total. The summed E-state index contributed by atoms with van der Waals surface area (Å²) in [6.07, 6.45) is 2.30. The molecule has 1 saturated heterocycles. The molecule has 2 aliphatic heterocycles. The second-order valence-electron chi connectivity index (χ2n) is 5.23. The molecule has 2 aliphatic rings. The van der Waals surface area contributed by atoms with Gasteiger partial charge in [-0.1, -0.05) is 12.1 Å². The van der Waals surface area contributed by atoms with Gasteiger partial charge in [0.05, 0.1) is 12.2 Å². The standard InChI is InChI=1S/C16H15NO3S/c18-17-8-11(7-13-3-2-6-21-13)16-14(17)4-1-5-15(16)20-10-12-9-19-12/h1-7,12,17H,8-10H2. The van der Waals surface area contributed by atoms with Crippen molar-refractivity contribution in [3.05, 3.63) is 51.4 Å². The largest absolute Gasteiger partial charge is 0.629 e. The van der Waals surface area contributed by atoms with E-state index in [1.165, 1.54) is 0 Å². The molecule has 5 heteroatoms. The Bertz CT molecular complexity index is 677. The minimum Gasteiger partial charge on any atom is -0.629 e. The fourth-order valence-electron chi connectivity index (χ4n) is 2.59. The van der Waals surface area contributed by atoms with Crippen LogP contribution in [0.4, 0.5) is 5.69 Å². The fraction of sp³-hybridized carbons (Fsp3) is 0.250. The fourth-order valence-corrected chi connectivity index (χ4v) is 3.27. The highest BCUT2D eigenvalue weighted by Crippen LogP contribution is 2.36. The lowest BCUT2D eigenvalue weighted by Gasteiger charge is -2.15. The third-order valence-corrected chi connectivity index (χ3v) is 4.50. The maximum absolute atomic E-state index is 12.2. The van der Waals surface area contributed by atoms with E-state index in [-0.39, 0.29) is 11.2 Å². The molecule has 2 atom stereocenters. The number of fused-ring (bicyclic) bond motifs is 1. The van der Waals surface area contributed by atoms with Gasteiger partial charge in [-0.25, -0.2) is 0 Å². The van der Waals surface area contributed by atoms with Crippen LogP contribution in [0, 0.1) is 5.21 Å². The minimum absolute atomic E-state index is 0.168. The Labute approximate surface area is 126 Å². The Hall–Kier alpha value is -1.66. The van der Waals surface area contributed by atoms with Crippen LogP contribution in [0.25, 0.3) is 11.6 Å². The number of epoxide rings is 1. The maximum atomic E-state index is 12.2. The Balaban J connectivity index is 1.71. The predicted molar refractivity (Wildman–Crippen MR) is 82.7 cm³/mol. The van der Waals surface area contributed by atoms with Crippen LogP contribution >= 0.6 is 11.3 Å². The number of benzene rings is 1. The highest BCUT2D eigenvalue weighted by molar-refractivity contribution is 7.10. The van der Waals surface area contributed by atoms with Crippen LogP contribution in [0.3, 0.4) is 0 Å². The molecule has 4 rings (SSSR count). The third-order valence-electron chi connectivity index (χ3n) is 3.69. The SMILES string of the molecule is [O-][NH+]1CC(=Cc2cccs2)c2c(OCC3CO3)cccc21. The van der Waals surface area contributed by atoms with Crippen molar-refractivity contribution < 1.29 is 14.5 Å². The molecule has 2 unspecified atom stereocenters. The molecule has 2 aromatic rings. The average molecular weight is 301 g/mol. The molecule has 0 saturated carbocycles. The van der Waals surface area contributed by atoms with E-state index in [1.54, 1.807) is 11.3 Å². The number of rotatable bonds is 4. The van der Waals surface area contributed by atoms with Gasteiger partial charge in [0.25, 0.3) is 0 Å². The Morgan fingerprint density at radius 2 is 2.29 bits per heavy atom. The van der Waals surface area contributed by atoms with E-state index in [1.807, 2.05) is 29.6 Å². The van der Waals surface area contributed by atoms with Gasteiger partial charge in [0.1, 0.15) is 30.7 Å². The summed E-state index contributed by atoms with van der Waals surface area (Å²) in [5.74, 6) is 0.789. The molecule has 1 fully saturated rings. The number of thiophene rings is 1. The Morgan fingerprint density at radius 1 is 1.38 bits per heavy atom. The van der Waals surface area contributed by atoms with Crippen LogP contribution in [0.1, 0.15) is 10.4 Å². The second kappa shape index (κ2) is 5.27. The van der Waals surface area contributed by atoms with Gasteiger partial charge in [0, 0.05) is 16.5 Å².